The first-order valence-electron chi connectivity index (χ1n) is 22.1. The molecule has 0 bridgehead atoms. The first-order valence-corrected chi connectivity index (χ1v) is 22.1. The second-order valence-corrected chi connectivity index (χ2v) is 15.5. The Kier molecular flexibility index (Phi) is 19.1. The maximum atomic E-state index is 13.6. The van der Waals surface area contributed by atoms with Gasteiger partial charge in [-0.2, -0.15) is 10.2 Å². The number of hydrogen-bond acceptors (Lipinski definition) is 15. The second kappa shape index (κ2) is 26.0. The van der Waals surface area contributed by atoms with Crippen LogP contribution in [0, 0.1) is 23.7 Å². The molecule has 3 aliphatic rings. The minimum absolute atomic E-state index is 0.0212. The van der Waals surface area contributed by atoms with Crippen LogP contribution in [-0.2, 0) is 39.7 Å². The molecule has 0 aliphatic heterocycles. The third-order valence-corrected chi connectivity index (χ3v) is 10.9. The van der Waals surface area contributed by atoms with Crippen molar-refractivity contribution in [3.8, 4) is 17.2 Å². The SMILES string of the molecule is C=CC(=O)OCCCCOCC(COc1ccc(C(=O)Oc2ccc(CCOC(=O)c3ccc(OCOC(=O)C=C)cc3)cc2/C=N/N=C2C3C=CC=CC3C3C=CC=CC23)cc1)OC(O)C=C. The van der Waals surface area contributed by atoms with Crippen molar-refractivity contribution < 1.29 is 62.2 Å². The third kappa shape index (κ3) is 14.8. The zero-order chi connectivity index (χ0) is 48.1. The van der Waals surface area contributed by atoms with Crippen molar-refractivity contribution in [3.05, 3.63) is 176 Å². The van der Waals surface area contributed by atoms with Crippen molar-refractivity contribution in [2.45, 2.75) is 31.7 Å². The quantitative estimate of drug-likeness (QED) is 0.00952. The number of rotatable bonds is 26. The number of nitrogens with zero attached hydrogens (tertiary/aromatic N) is 2. The maximum Gasteiger partial charge on any atom is 0.343 e. The van der Waals surface area contributed by atoms with Gasteiger partial charge < -0.3 is 43.0 Å². The molecule has 68 heavy (non-hydrogen) atoms. The summed E-state index contributed by atoms with van der Waals surface area (Å²) in [5.74, 6) is -0.454. The lowest BCUT2D eigenvalue weighted by Gasteiger charge is -2.20. The normalized spacial score (nSPS) is 18.4. The molecule has 0 spiro atoms. The van der Waals surface area contributed by atoms with Crippen molar-refractivity contribution in [2.24, 2.45) is 33.9 Å². The number of hydrogen-bond donors (Lipinski definition) is 1. The lowest BCUT2D eigenvalue weighted by atomic mass is 9.83. The third-order valence-electron chi connectivity index (χ3n) is 10.9. The average Bonchev–Trinajstić information content (AvgIpc) is 3.68. The van der Waals surface area contributed by atoms with Gasteiger partial charge in [0.25, 0.3) is 0 Å². The summed E-state index contributed by atoms with van der Waals surface area (Å²) >= 11 is 0. The fourth-order valence-corrected chi connectivity index (χ4v) is 7.45. The molecule has 6 unspecified atom stereocenters. The fraction of sp³-hybridized carbons (Fsp3) is 0.283. The van der Waals surface area contributed by atoms with E-state index in [0.717, 1.165) is 23.4 Å². The highest BCUT2D eigenvalue weighted by molar-refractivity contribution is 5.97. The standard InChI is InChI=1S/C53H54N2O13/c1-4-48(56)62-29-12-11-28-61-33-42(67-50(58)6-3)34-64-40-22-20-38(21-23-40)53(60)68-47-26-17-36(27-30-63-52(59)37-18-24-41(25-19-37)65-35-66-49(57)5-2)31-39(47)32-54-55-51-45-15-9-7-13-43(45)44-14-8-10-16-46(44)51/h4-10,13-26,31-32,42-46,50,58H,1-3,11-12,27-30,33-35H2/b54-32+,55-51?. The zero-order valence-corrected chi connectivity index (χ0v) is 37.5. The van der Waals surface area contributed by atoms with Crippen LogP contribution >= 0.6 is 0 Å². The van der Waals surface area contributed by atoms with E-state index in [2.05, 4.69) is 61.3 Å². The van der Waals surface area contributed by atoms with Gasteiger partial charge in [-0.25, -0.2) is 19.2 Å². The molecule has 6 rings (SSSR count). The van der Waals surface area contributed by atoms with Crippen LogP contribution in [-0.4, -0.2) is 93.1 Å². The van der Waals surface area contributed by atoms with E-state index in [-0.39, 0.29) is 68.2 Å². The van der Waals surface area contributed by atoms with Crippen molar-refractivity contribution in [1.29, 1.82) is 0 Å². The molecule has 3 aromatic carbocycles. The molecule has 15 heteroatoms. The van der Waals surface area contributed by atoms with Gasteiger partial charge in [0.1, 0.15) is 30.0 Å². The van der Waals surface area contributed by atoms with Crippen molar-refractivity contribution in [2.75, 3.05) is 39.8 Å². The van der Waals surface area contributed by atoms with Crippen LogP contribution in [0.5, 0.6) is 17.2 Å². The molecule has 3 aliphatic carbocycles. The van der Waals surface area contributed by atoms with E-state index >= 15 is 0 Å². The summed E-state index contributed by atoms with van der Waals surface area (Å²) in [6, 6.07) is 17.8. The Bertz CT molecular complexity index is 2400. The van der Waals surface area contributed by atoms with E-state index < -0.39 is 36.3 Å². The van der Waals surface area contributed by atoms with Crippen LogP contribution in [0.2, 0.25) is 0 Å². The summed E-state index contributed by atoms with van der Waals surface area (Å²) in [6.07, 6.45) is 21.6. The number of fused-ring (bicyclic) bond motifs is 3. The topological polar surface area (TPSA) is 187 Å². The molecule has 0 amide bonds. The second-order valence-electron chi connectivity index (χ2n) is 15.5. The number of aliphatic hydroxyl groups excluding tert-OH is 1. The van der Waals surface area contributed by atoms with E-state index in [1.54, 1.807) is 66.9 Å². The molecule has 0 radical (unpaired) electrons. The molecule has 1 fully saturated rings. The molecular formula is C53H54N2O13. The first kappa shape index (κ1) is 50.0. The summed E-state index contributed by atoms with van der Waals surface area (Å²) in [5.41, 5.74) is 2.77. The van der Waals surface area contributed by atoms with Gasteiger partial charge >= 0.3 is 23.9 Å². The number of aliphatic hydroxyl groups is 1. The molecule has 15 nitrogen and oxygen atoms in total. The van der Waals surface area contributed by atoms with Crippen molar-refractivity contribution in [3.63, 3.8) is 0 Å². The predicted molar refractivity (Wildman–Crippen MR) is 253 cm³/mol. The Balaban J connectivity index is 1.09. The smallest absolute Gasteiger partial charge is 0.343 e. The monoisotopic (exact) mass is 926 g/mol. The number of allylic oxidation sites excluding steroid dienone is 8. The molecule has 1 saturated carbocycles. The van der Waals surface area contributed by atoms with Gasteiger partial charge in [0.05, 0.1) is 42.9 Å². The summed E-state index contributed by atoms with van der Waals surface area (Å²) < 4.78 is 43.8. The van der Waals surface area contributed by atoms with Gasteiger partial charge in [-0.05, 0) is 97.0 Å². The van der Waals surface area contributed by atoms with Crippen LogP contribution in [0.4, 0.5) is 0 Å². The highest BCUT2D eigenvalue weighted by Crippen LogP contribution is 2.45. The molecular weight excluding hydrogens is 873 g/mol. The number of carbonyl (C=O) groups excluding carboxylic acids is 4. The minimum atomic E-state index is -1.24. The number of unbranched alkanes of at least 4 members (excludes halogenated alkanes) is 1. The van der Waals surface area contributed by atoms with E-state index in [9.17, 15) is 24.3 Å². The number of ether oxygens (including phenoxy) is 8. The van der Waals surface area contributed by atoms with Gasteiger partial charge in [0.2, 0.25) is 6.79 Å². The summed E-state index contributed by atoms with van der Waals surface area (Å²) in [7, 11) is 0. The minimum Gasteiger partial charge on any atom is -0.491 e. The van der Waals surface area contributed by atoms with E-state index in [1.165, 1.54) is 6.08 Å². The van der Waals surface area contributed by atoms with Gasteiger partial charge in [-0.3, -0.25) is 0 Å². The summed E-state index contributed by atoms with van der Waals surface area (Å²) in [6.45, 7) is 10.7. The number of carbonyl (C=O) groups is 4. The largest absolute Gasteiger partial charge is 0.491 e. The Labute approximate surface area is 395 Å². The highest BCUT2D eigenvalue weighted by atomic mass is 16.7. The van der Waals surface area contributed by atoms with Crippen LogP contribution in [0.25, 0.3) is 0 Å². The lowest BCUT2D eigenvalue weighted by molar-refractivity contribution is -0.144. The van der Waals surface area contributed by atoms with Crippen LogP contribution in [0.3, 0.4) is 0 Å². The molecule has 0 heterocycles. The van der Waals surface area contributed by atoms with Crippen LogP contribution in [0.1, 0.15) is 44.7 Å². The Morgan fingerprint density at radius 1 is 0.676 bits per heavy atom. The van der Waals surface area contributed by atoms with E-state index in [4.69, 9.17) is 43.0 Å². The van der Waals surface area contributed by atoms with Crippen molar-refractivity contribution in [1.82, 2.24) is 0 Å². The number of esters is 4. The Morgan fingerprint density at radius 3 is 1.96 bits per heavy atom. The molecule has 354 valence electrons. The van der Waals surface area contributed by atoms with Crippen LogP contribution in [0.15, 0.2) is 164 Å². The van der Waals surface area contributed by atoms with Crippen molar-refractivity contribution >= 4 is 35.8 Å². The first-order chi connectivity index (χ1) is 33.1. The van der Waals surface area contributed by atoms with Gasteiger partial charge in [0, 0.05) is 42.6 Å². The molecule has 0 saturated heterocycles. The lowest BCUT2D eigenvalue weighted by Crippen LogP contribution is -2.31. The molecule has 0 aromatic heterocycles. The van der Waals surface area contributed by atoms with Gasteiger partial charge in [-0.1, -0.05) is 74.4 Å². The molecule has 3 aromatic rings. The maximum absolute atomic E-state index is 13.6. The van der Waals surface area contributed by atoms with E-state index in [1.807, 2.05) is 18.2 Å². The zero-order valence-electron chi connectivity index (χ0n) is 37.5. The Hall–Kier alpha value is -7.46. The van der Waals surface area contributed by atoms with Gasteiger partial charge in [0.15, 0.2) is 6.29 Å². The summed E-state index contributed by atoms with van der Waals surface area (Å²) in [4.78, 5) is 48.9. The Morgan fingerprint density at radius 2 is 1.29 bits per heavy atom. The predicted octanol–water partition coefficient (Wildman–Crippen LogP) is 7.67. The molecule has 1 N–H and O–H groups in total. The summed E-state index contributed by atoms with van der Waals surface area (Å²) in [5, 5.41) is 19.3. The average molecular weight is 927 g/mol. The van der Waals surface area contributed by atoms with E-state index in [0.29, 0.717) is 48.5 Å². The number of benzene rings is 3. The molecule has 6 atom stereocenters. The highest BCUT2D eigenvalue weighted by Gasteiger charge is 2.44. The van der Waals surface area contributed by atoms with Crippen LogP contribution < -0.4 is 14.2 Å². The van der Waals surface area contributed by atoms with Gasteiger partial charge in [-0.15, -0.1) is 0 Å². The fourth-order valence-electron chi connectivity index (χ4n) is 7.45.